The van der Waals surface area contributed by atoms with Gasteiger partial charge in [-0.15, -0.1) is 0 Å². The molecule has 62 valence electrons. The Morgan fingerprint density at radius 2 is 2.55 bits per heavy atom. The summed E-state index contributed by atoms with van der Waals surface area (Å²) in [6, 6.07) is 0. The van der Waals surface area contributed by atoms with Gasteiger partial charge in [0.15, 0.2) is 0 Å². The van der Waals surface area contributed by atoms with E-state index in [2.05, 4.69) is 0 Å². The van der Waals surface area contributed by atoms with Crippen molar-refractivity contribution in [3.8, 4) is 0 Å². The molecule has 0 unspecified atom stereocenters. The fourth-order valence-electron chi connectivity index (χ4n) is 1.98. The fourth-order valence-corrected chi connectivity index (χ4v) is 1.98. The third-order valence-electron chi connectivity index (χ3n) is 2.83. The second-order valence-corrected chi connectivity index (χ2v) is 3.24. The molecule has 2 fully saturated rings. The van der Waals surface area contributed by atoms with E-state index < -0.39 is 0 Å². The van der Waals surface area contributed by atoms with Gasteiger partial charge in [-0.1, -0.05) is 6.92 Å². The smallest absolute Gasteiger partial charge is 0.128 e. The van der Waals surface area contributed by atoms with E-state index in [1.807, 2.05) is 6.92 Å². The normalized spacial score (nSPS) is 48.1. The Morgan fingerprint density at radius 1 is 1.73 bits per heavy atom. The zero-order valence-electron chi connectivity index (χ0n) is 6.58. The zero-order valence-corrected chi connectivity index (χ0v) is 6.58. The minimum Gasteiger partial charge on any atom is -0.372 e. The zero-order chi connectivity index (χ0) is 7.90. The highest BCUT2D eigenvalue weighted by atomic mass is 16.6. The topological polar surface area (TPSA) is 35.5 Å². The Labute approximate surface area is 65.7 Å². The number of carbonyl (C=O) groups excluding carboxylic acids is 1. The molecule has 0 radical (unpaired) electrons. The van der Waals surface area contributed by atoms with Gasteiger partial charge in [-0.25, -0.2) is 0 Å². The first-order chi connectivity index (χ1) is 5.32. The van der Waals surface area contributed by atoms with Gasteiger partial charge >= 0.3 is 0 Å². The van der Waals surface area contributed by atoms with Crippen molar-refractivity contribution in [1.29, 1.82) is 0 Å². The van der Waals surface area contributed by atoms with Crippen LogP contribution in [0.1, 0.15) is 13.3 Å². The largest absolute Gasteiger partial charge is 0.372 e. The Balaban J connectivity index is 2.25. The van der Waals surface area contributed by atoms with E-state index in [1.165, 1.54) is 0 Å². The van der Waals surface area contributed by atoms with Gasteiger partial charge in [0.2, 0.25) is 0 Å². The molecule has 2 aliphatic heterocycles. The first-order valence-electron chi connectivity index (χ1n) is 4.03. The maximum absolute atomic E-state index is 10.7. The number of hydrogen-bond acceptors (Lipinski definition) is 3. The van der Waals surface area contributed by atoms with Crippen LogP contribution in [-0.4, -0.2) is 31.2 Å². The monoisotopic (exact) mass is 156 g/mol. The van der Waals surface area contributed by atoms with Crippen LogP contribution in [0.25, 0.3) is 0 Å². The summed E-state index contributed by atoms with van der Waals surface area (Å²) in [4.78, 5) is 10.7. The van der Waals surface area contributed by atoms with Crippen LogP contribution in [0.2, 0.25) is 0 Å². The summed E-state index contributed by atoms with van der Waals surface area (Å²) in [6.07, 6.45) is 1.88. The highest BCUT2D eigenvalue weighted by molar-refractivity contribution is 5.58. The van der Waals surface area contributed by atoms with E-state index in [1.54, 1.807) is 0 Å². The summed E-state index contributed by atoms with van der Waals surface area (Å²) >= 11 is 0. The van der Waals surface area contributed by atoms with Gasteiger partial charge in [0.1, 0.15) is 11.9 Å². The summed E-state index contributed by atoms with van der Waals surface area (Å²) in [5.74, 6) is -0.0208. The standard InChI is InChI=1S/C8H12O3/c1-2-8-5-10-7(4-11-8)6(8)3-9/h3,6-7H,2,4-5H2,1H3/t6-,7-,8-/m0/s1. The Hall–Kier alpha value is -0.410. The van der Waals surface area contributed by atoms with Crippen molar-refractivity contribution in [2.24, 2.45) is 5.92 Å². The third-order valence-corrected chi connectivity index (χ3v) is 2.83. The molecular formula is C8H12O3. The van der Waals surface area contributed by atoms with Crippen molar-refractivity contribution in [2.75, 3.05) is 13.2 Å². The van der Waals surface area contributed by atoms with E-state index in [4.69, 9.17) is 9.47 Å². The van der Waals surface area contributed by atoms with Crippen LogP contribution in [0.3, 0.4) is 0 Å². The van der Waals surface area contributed by atoms with Crippen molar-refractivity contribution in [3.63, 3.8) is 0 Å². The highest BCUT2D eigenvalue weighted by Gasteiger charge is 2.55. The van der Waals surface area contributed by atoms with E-state index in [0.29, 0.717) is 13.2 Å². The molecule has 0 aromatic carbocycles. The summed E-state index contributed by atoms with van der Waals surface area (Å²) in [5.41, 5.74) is -0.271. The van der Waals surface area contributed by atoms with Crippen molar-refractivity contribution >= 4 is 6.29 Å². The molecule has 0 aliphatic carbocycles. The summed E-state index contributed by atoms with van der Waals surface area (Å²) in [6.45, 7) is 3.22. The number of carbonyl (C=O) groups is 1. The number of aldehydes is 1. The average Bonchev–Trinajstić information content (AvgIpc) is 2.58. The molecule has 11 heavy (non-hydrogen) atoms. The average molecular weight is 156 g/mol. The quantitative estimate of drug-likeness (QED) is 0.542. The summed E-state index contributed by atoms with van der Waals surface area (Å²) in [5, 5.41) is 0. The maximum atomic E-state index is 10.7. The van der Waals surface area contributed by atoms with Crippen molar-refractivity contribution in [1.82, 2.24) is 0 Å². The lowest BCUT2D eigenvalue weighted by atomic mass is 9.88. The first kappa shape index (κ1) is 7.25. The first-order valence-corrected chi connectivity index (χ1v) is 4.03. The van der Waals surface area contributed by atoms with E-state index in [-0.39, 0.29) is 17.6 Å². The molecule has 2 aliphatic rings. The molecule has 2 bridgehead atoms. The van der Waals surface area contributed by atoms with Crippen LogP contribution in [0.4, 0.5) is 0 Å². The molecule has 0 saturated carbocycles. The van der Waals surface area contributed by atoms with Gasteiger partial charge in [-0.2, -0.15) is 0 Å². The Morgan fingerprint density at radius 3 is 2.91 bits per heavy atom. The van der Waals surface area contributed by atoms with Crippen LogP contribution in [-0.2, 0) is 14.3 Å². The predicted octanol–water partition coefficient (Wildman–Crippen LogP) is 0.379. The molecule has 0 spiro atoms. The van der Waals surface area contributed by atoms with Crippen LogP contribution < -0.4 is 0 Å². The molecule has 3 nitrogen and oxygen atoms in total. The van der Waals surface area contributed by atoms with Crippen molar-refractivity contribution in [2.45, 2.75) is 25.0 Å². The van der Waals surface area contributed by atoms with Gasteiger partial charge in [-0.3, -0.25) is 0 Å². The maximum Gasteiger partial charge on any atom is 0.128 e. The van der Waals surface area contributed by atoms with E-state index in [9.17, 15) is 4.79 Å². The molecule has 0 N–H and O–H groups in total. The number of ether oxygens (including phenoxy) is 2. The van der Waals surface area contributed by atoms with E-state index in [0.717, 1.165) is 12.7 Å². The molecule has 0 amide bonds. The van der Waals surface area contributed by atoms with Gasteiger partial charge in [0, 0.05) is 0 Å². The SMILES string of the molecule is CC[C@@]12CO[C@@H](CO1)[C@@H]2C=O. The summed E-state index contributed by atoms with van der Waals surface area (Å²) < 4.78 is 10.9. The lowest BCUT2D eigenvalue weighted by Crippen LogP contribution is -2.36. The molecule has 0 aromatic heterocycles. The predicted molar refractivity (Wildman–Crippen MR) is 38.3 cm³/mol. The van der Waals surface area contributed by atoms with Gasteiger partial charge < -0.3 is 14.3 Å². The van der Waals surface area contributed by atoms with Crippen LogP contribution >= 0.6 is 0 Å². The Kier molecular flexibility index (Phi) is 1.51. The van der Waals surface area contributed by atoms with Gasteiger partial charge in [0.25, 0.3) is 0 Å². The molecule has 2 rings (SSSR count). The lowest BCUT2D eigenvalue weighted by molar-refractivity contribution is -0.117. The second-order valence-electron chi connectivity index (χ2n) is 3.24. The molecule has 2 saturated heterocycles. The molecule has 3 heteroatoms. The van der Waals surface area contributed by atoms with Crippen molar-refractivity contribution < 1.29 is 14.3 Å². The number of hydrogen-bond donors (Lipinski definition) is 0. The summed E-state index contributed by atoms with van der Waals surface area (Å²) in [7, 11) is 0. The van der Waals surface area contributed by atoms with Gasteiger partial charge in [0.05, 0.1) is 25.2 Å². The molecule has 0 aromatic rings. The molecular weight excluding hydrogens is 144 g/mol. The van der Waals surface area contributed by atoms with Crippen molar-refractivity contribution in [3.05, 3.63) is 0 Å². The Bertz CT molecular complexity index is 170. The molecule has 3 atom stereocenters. The highest BCUT2D eigenvalue weighted by Crippen LogP contribution is 2.41. The van der Waals surface area contributed by atoms with Gasteiger partial charge in [-0.05, 0) is 6.42 Å². The van der Waals surface area contributed by atoms with Crippen LogP contribution in [0.5, 0.6) is 0 Å². The third kappa shape index (κ3) is 0.781. The molecule has 2 heterocycles. The fraction of sp³-hybridized carbons (Fsp3) is 0.875. The van der Waals surface area contributed by atoms with Crippen LogP contribution in [0.15, 0.2) is 0 Å². The second kappa shape index (κ2) is 2.29. The lowest BCUT2D eigenvalue weighted by Gasteiger charge is -2.25. The van der Waals surface area contributed by atoms with Crippen LogP contribution in [0, 0.1) is 5.92 Å². The minimum absolute atomic E-state index is 0.0208. The number of fused-ring (bicyclic) bond motifs is 2. The van der Waals surface area contributed by atoms with E-state index >= 15 is 0 Å². The minimum atomic E-state index is -0.271. The number of rotatable bonds is 2.